The molecule has 0 aliphatic heterocycles. The normalized spacial score (nSPS) is 11.4. The second-order valence-corrected chi connectivity index (χ2v) is 3.45. The highest BCUT2D eigenvalue weighted by atomic mass is 19.3. The van der Waals surface area contributed by atoms with Gasteiger partial charge >= 0.3 is 0 Å². The van der Waals surface area contributed by atoms with Crippen molar-refractivity contribution in [2.75, 3.05) is 0 Å². The quantitative estimate of drug-likeness (QED) is 0.729. The molecular weight excluding hydrogens is 186 g/mol. The largest absolute Gasteiger partial charge is 0.300 e. The maximum absolute atomic E-state index is 13.4. The Bertz CT molecular complexity index is 345. The monoisotopic (exact) mass is 198 g/mol. The Hall–Kier alpha value is -1.25. The molecule has 0 amide bonds. The molecule has 0 saturated heterocycles. The standard InChI is InChI=1S/C11H12F2O/c1-8-4-3-5-10(6-8)11(12,13)7-9(2)14/h3-6H,7H2,1-2H3. The second kappa shape index (κ2) is 3.86. The van der Waals surface area contributed by atoms with Crippen LogP contribution in [0, 0.1) is 6.92 Å². The van der Waals surface area contributed by atoms with Gasteiger partial charge in [0.05, 0.1) is 6.42 Å². The van der Waals surface area contributed by atoms with Crippen LogP contribution in [0.2, 0.25) is 0 Å². The Balaban J connectivity index is 2.97. The number of alkyl halides is 2. The zero-order valence-corrected chi connectivity index (χ0v) is 8.18. The summed E-state index contributed by atoms with van der Waals surface area (Å²) in [7, 11) is 0. The van der Waals surface area contributed by atoms with E-state index in [1.165, 1.54) is 19.1 Å². The van der Waals surface area contributed by atoms with E-state index in [0.717, 1.165) is 5.56 Å². The van der Waals surface area contributed by atoms with Gasteiger partial charge in [0.15, 0.2) is 0 Å². The SMILES string of the molecule is CC(=O)CC(F)(F)c1cccc(C)c1. The van der Waals surface area contributed by atoms with E-state index in [0.29, 0.717) is 0 Å². The van der Waals surface area contributed by atoms with Crippen molar-refractivity contribution in [1.82, 2.24) is 0 Å². The van der Waals surface area contributed by atoms with Gasteiger partial charge in [-0.3, -0.25) is 4.79 Å². The first-order valence-corrected chi connectivity index (χ1v) is 4.36. The molecule has 0 aliphatic rings. The number of benzene rings is 1. The molecule has 1 aromatic rings. The van der Waals surface area contributed by atoms with Crippen LogP contribution in [0.25, 0.3) is 0 Å². The number of ketones is 1. The zero-order valence-electron chi connectivity index (χ0n) is 8.18. The molecule has 0 spiro atoms. The van der Waals surface area contributed by atoms with Crippen LogP contribution >= 0.6 is 0 Å². The van der Waals surface area contributed by atoms with Crippen LogP contribution in [-0.4, -0.2) is 5.78 Å². The van der Waals surface area contributed by atoms with E-state index < -0.39 is 18.1 Å². The number of Topliss-reactive ketones (excluding diaryl/α,β-unsaturated/α-hetero) is 1. The van der Waals surface area contributed by atoms with Crippen LogP contribution in [0.4, 0.5) is 8.78 Å². The summed E-state index contributed by atoms with van der Waals surface area (Å²) in [5.41, 5.74) is 0.679. The molecular formula is C11H12F2O. The smallest absolute Gasteiger partial charge is 0.280 e. The molecule has 0 atom stereocenters. The Kier molecular flexibility index (Phi) is 2.99. The van der Waals surface area contributed by atoms with Crippen LogP contribution < -0.4 is 0 Å². The van der Waals surface area contributed by atoms with Gasteiger partial charge in [-0.25, -0.2) is 8.78 Å². The average molecular weight is 198 g/mol. The lowest BCUT2D eigenvalue weighted by Crippen LogP contribution is -2.17. The van der Waals surface area contributed by atoms with E-state index >= 15 is 0 Å². The first kappa shape index (κ1) is 10.8. The summed E-state index contributed by atoms with van der Waals surface area (Å²) in [5, 5.41) is 0. The molecule has 0 saturated carbocycles. The summed E-state index contributed by atoms with van der Waals surface area (Å²) in [6.07, 6.45) is -0.726. The lowest BCUT2D eigenvalue weighted by Gasteiger charge is -2.15. The van der Waals surface area contributed by atoms with Crippen LogP contribution in [0.5, 0.6) is 0 Å². The summed E-state index contributed by atoms with van der Waals surface area (Å²) in [4.78, 5) is 10.6. The second-order valence-electron chi connectivity index (χ2n) is 3.45. The van der Waals surface area contributed by atoms with Gasteiger partial charge < -0.3 is 0 Å². The van der Waals surface area contributed by atoms with Crippen molar-refractivity contribution >= 4 is 5.78 Å². The van der Waals surface area contributed by atoms with E-state index in [2.05, 4.69) is 0 Å². The molecule has 76 valence electrons. The number of hydrogen-bond donors (Lipinski definition) is 0. The highest BCUT2D eigenvalue weighted by molar-refractivity contribution is 5.76. The molecule has 0 aromatic heterocycles. The Labute approximate surface area is 81.7 Å². The van der Waals surface area contributed by atoms with E-state index in [1.54, 1.807) is 19.1 Å². The maximum atomic E-state index is 13.4. The minimum absolute atomic E-state index is 0.0901. The lowest BCUT2D eigenvalue weighted by molar-refractivity contribution is -0.124. The minimum atomic E-state index is -3.04. The average Bonchev–Trinajstić information content (AvgIpc) is 2.01. The Morgan fingerprint density at radius 2 is 2.07 bits per heavy atom. The van der Waals surface area contributed by atoms with E-state index in [-0.39, 0.29) is 5.56 Å². The Morgan fingerprint density at radius 1 is 1.43 bits per heavy atom. The number of carbonyl (C=O) groups excluding carboxylic acids is 1. The molecule has 1 rings (SSSR count). The minimum Gasteiger partial charge on any atom is -0.300 e. The van der Waals surface area contributed by atoms with Gasteiger partial charge in [-0.2, -0.15) is 0 Å². The fourth-order valence-corrected chi connectivity index (χ4v) is 1.29. The van der Waals surface area contributed by atoms with Crippen molar-refractivity contribution in [2.24, 2.45) is 0 Å². The predicted molar refractivity (Wildman–Crippen MR) is 50.4 cm³/mol. The molecule has 0 unspecified atom stereocenters. The van der Waals surface area contributed by atoms with Gasteiger partial charge in [0.1, 0.15) is 5.78 Å². The summed E-state index contributed by atoms with van der Waals surface area (Å²) in [6.45, 7) is 2.91. The van der Waals surface area contributed by atoms with Crippen LogP contribution in [-0.2, 0) is 10.7 Å². The van der Waals surface area contributed by atoms with Crippen molar-refractivity contribution in [2.45, 2.75) is 26.2 Å². The number of hydrogen-bond acceptors (Lipinski definition) is 1. The van der Waals surface area contributed by atoms with Gasteiger partial charge in [-0.15, -0.1) is 0 Å². The predicted octanol–water partition coefficient (Wildman–Crippen LogP) is 3.07. The van der Waals surface area contributed by atoms with Gasteiger partial charge in [0.25, 0.3) is 5.92 Å². The number of carbonyl (C=O) groups is 1. The first-order valence-electron chi connectivity index (χ1n) is 4.36. The maximum Gasteiger partial charge on any atom is 0.280 e. The van der Waals surface area contributed by atoms with Gasteiger partial charge in [-0.1, -0.05) is 29.8 Å². The number of aryl methyl sites for hydroxylation is 1. The van der Waals surface area contributed by atoms with E-state index in [9.17, 15) is 13.6 Å². The highest BCUT2D eigenvalue weighted by Crippen LogP contribution is 2.31. The molecule has 0 aliphatic carbocycles. The molecule has 0 N–H and O–H groups in total. The van der Waals surface area contributed by atoms with Crippen molar-refractivity contribution in [3.63, 3.8) is 0 Å². The number of halogens is 2. The highest BCUT2D eigenvalue weighted by Gasteiger charge is 2.32. The lowest BCUT2D eigenvalue weighted by atomic mass is 10.0. The first-order chi connectivity index (χ1) is 6.42. The van der Waals surface area contributed by atoms with Gasteiger partial charge in [0, 0.05) is 5.56 Å². The van der Waals surface area contributed by atoms with Crippen LogP contribution in [0.1, 0.15) is 24.5 Å². The summed E-state index contributed by atoms with van der Waals surface area (Å²) < 4.78 is 26.7. The summed E-state index contributed by atoms with van der Waals surface area (Å²) in [6, 6.07) is 6.06. The van der Waals surface area contributed by atoms with Crippen molar-refractivity contribution in [3.8, 4) is 0 Å². The molecule has 0 fully saturated rings. The van der Waals surface area contributed by atoms with E-state index in [1.807, 2.05) is 0 Å². The summed E-state index contributed by atoms with van der Waals surface area (Å²) >= 11 is 0. The van der Waals surface area contributed by atoms with Crippen molar-refractivity contribution in [1.29, 1.82) is 0 Å². The third-order valence-corrected chi connectivity index (χ3v) is 1.91. The van der Waals surface area contributed by atoms with Crippen molar-refractivity contribution < 1.29 is 13.6 Å². The third-order valence-electron chi connectivity index (χ3n) is 1.91. The zero-order chi connectivity index (χ0) is 10.8. The van der Waals surface area contributed by atoms with Crippen molar-refractivity contribution in [3.05, 3.63) is 35.4 Å². The molecule has 1 nitrogen and oxygen atoms in total. The van der Waals surface area contributed by atoms with Crippen LogP contribution in [0.3, 0.4) is 0 Å². The van der Waals surface area contributed by atoms with Gasteiger partial charge in [0.2, 0.25) is 0 Å². The molecule has 14 heavy (non-hydrogen) atoms. The van der Waals surface area contributed by atoms with E-state index in [4.69, 9.17) is 0 Å². The number of rotatable bonds is 3. The molecule has 0 heterocycles. The fourth-order valence-electron chi connectivity index (χ4n) is 1.29. The fraction of sp³-hybridized carbons (Fsp3) is 0.364. The molecule has 0 bridgehead atoms. The molecule has 0 radical (unpaired) electrons. The summed E-state index contributed by atoms with van der Waals surface area (Å²) in [5.74, 6) is -3.55. The molecule has 1 aromatic carbocycles. The third kappa shape index (κ3) is 2.62. The van der Waals surface area contributed by atoms with Gasteiger partial charge in [-0.05, 0) is 13.8 Å². The topological polar surface area (TPSA) is 17.1 Å². The van der Waals surface area contributed by atoms with Crippen LogP contribution in [0.15, 0.2) is 24.3 Å². The molecule has 3 heteroatoms. The Morgan fingerprint density at radius 3 is 2.57 bits per heavy atom.